The molecule has 0 aromatic carbocycles. The van der Waals surface area contributed by atoms with E-state index in [1.807, 2.05) is 0 Å². The highest BCUT2D eigenvalue weighted by Gasteiger charge is 2.09. The highest BCUT2D eigenvalue weighted by Crippen LogP contribution is 1.96. The Labute approximate surface area is 105 Å². The number of piperazine rings is 1. The molecule has 0 bridgehead atoms. The minimum Gasteiger partial charge on any atom is -0.359 e. The summed E-state index contributed by atoms with van der Waals surface area (Å²) in [7, 11) is 3.82. The van der Waals surface area contributed by atoms with Crippen LogP contribution in [0.15, 0.2) is 0 Å². The van der Waals surface area contributed by atoms with Gasteiger partial charge in [-0.25, -0.2) is 0 Å². The van der Waals surface area contributed by atoms with Gasteiger partial charge in [0.15, 0.2) is 0 Å². The topological polar surface area (TPSA) is 47.6 Å². The highest BCUT2D eigenvalue weighted by molar-refractivity contribution is 5.75. The van der Waals surface area contributed by atoms with Gasteiger partial charge in [0.1, 0.15) is 0 Å². The van der Waals surface area contributed by atoms with E-state index in [0.29, 0.717) is 6.42 Å². The lowest BCUT2D eigenvalue weighted by molar-refractivity contribution is -0.120. The van der Waals surface area contributed by atoms with Crippen molar-refractivity contribution < 1.29 is 4.79 Å². The number of amides is 1. The molecule has 1 saturated heterocycles. The van der Waals surface area contributed by atoms with Crippen LogP contribution in [0.2, 0.25) is 0 Å². The van der Waals surface area contributed by atoms with Gasteiger partial charge in [-0.1, -0.05) is 0 Å². The normalized spacial score (nSPS) is 17.4. The Morgan fingerprint density at radius 2 is 2.06 bits per heavy atom. The highest BCUT2D eigenvalue weighted by atomic mass is 16.1. The molecule has 0 aromatic rings. The van der Waals surface area contributed by atoms with E-state index in [1.165, 1.54) is 0 Å². The zero-order chi connectivity index (χ0) is 12.5. The number of nitrogens with zero attached hydrogens (tertiary/aromatic N) is 2. The van der Waals surface area contributed by atoms with Crippen molar-refractivity contribution in [2.24, 2.45) is 0 Å². The van der Waals surface area contributed by atoms with Gasteiger partial charge in [0.25, 0.3) is 0 Å². The summed E-state index contributed by atoms with van der Waals surface area (Å²) in [6.45, 7) is 7.77. The first kappa shape index (κ1) is 14.4. The van der Waals surface area contributed by atoms with Crippen LogP contribution >= 0.6 is 0 Å². The van der Waals surface area contributed by atoms with E-state index in [-0.39, 0.29) is 5.91 Å². The molecule has 17 heavy (non-hydrogen) atoms. The number of hydrogen-bond acceptors (Lipinski definition) is 4. The van der Waals surface area contributed by atoms with E-state index in [0.717, 1.165) is 52.2 Å². The lowest BCUT2D eigenvalue weighted by Gasteiger charge is -2.29. The summed E-state index contributed by atoms with van der Waals surface area (Å²) in [4.78, 5) is 15.9. The van der Waals surface area contributed by atoms with Crippen molar-refractivity contribution in [1.29, 1.82) is 0 Å². The second kappa shape index (κ2) is 8.44. The summed E-state index contributed by atoms with van der Waals surface area (Å²) in [5.41, 5.74) is 0. The van der Waals surface area contributed by atoms with Crippen LogP contribution in [0.25, 0.3) is 0 Å². The molecule has 1 heterocycles. The van der Waals surface area contributed by atoms with E-state index in [9.17, 15) is 4.79 Å². The Kier molecular flexibility index (Phi) is 7.16. The third-order valence-electron chi connectivity index (χ3n) is 3.23. The van der Waals surface area contributed by atoms with Crippen LogP contribution in [-0.2, 0) is 4.79 Å². The molecule has 1 aliphatic rings. The zero-order valence-electron chi connectivity index (χ0n) is 11.2. The molecule has 1 amide bonds. The maximum atomic E-state index is 11.1. The maximum Gasteiger partial charge on any atom is 0.219 e. The largest absolute Gasteiger partial charge is 0.359 e. The minimum absolute atomic E-state index is 0.139. The van der Waals surface area contributed by atoms with Crippen molar-refractivity contribution in [2.45, 2.75) is 12.8 Å². The van der Waals surface area contributed by atoms with E-state index >= 15 is 0 Å². The van der Waals surface area contributed by atoms with Crippen LogP contribution < -0.4 is 10.6 Å². The summed E-state index contributed by atoms with van der Waals surface area (Å²) < 4.78 is 0. The number of likely N-dealkylation sites (N-methyl/N-ethyl adjacent to an activating group) is 1. The Morgan fingerprint density at radius 3 is 2.71 bits per heavy atom. The Morgan fingerprint density at radius 1 is 1.35 bits per heavy atom. The van der Waals surface area contributed by atoms with E-state index in [1.54, 1.807) is 7.05 Å². The SMILES string of the molecule is CNC(=O)CCCN(C)CCN1CCNCC1. The third-order valence-corrected chi connectivity index (χ3v) is 3.23. The molecule has 0 aliphatic carbocycles. The molecule has 5 heteroatoms. The van der Waals surface area contributed by atoms with Crippen LogP contribution in [0.5, 0.6) is 0 Å². The average molecular weight is 242 g/mol. The number of carbonyl (C=O) groups excluding carboxylic acids is 1. The first-order valence-electron chi connectivity index (χ1n) is 6.54. The number of rotatable bonds is 7. The van der Waals surface area contributed by atoms with Crippen LogP contribution in [0.4, 0.5) is 0 Å². The number of nitrogens with one attached hydrogen (secondary N) is 2. The summed E-state index contributed by atoms with van der Waals surface area (Å²) in [6.07, 6.45) is 1.58. The fraction of sp³-hybridized carbons (Fsp3) is 0.917. The third kappa shape index (κ3) is 6.61. The molecule has 0 saturated carbocycles. The molecular formula is C12H26N4O. The molecule has 1 rings (SSSR count). The molecule has 100 valence electrons. The van der Waals surface area contributed by atoms with Crippen LogP contribution in [0, 0.1) is 0 Å². The second-order valence-corrected chi connectivity index (χ2v) is 4.67. The first-order chi connectivity index (χ1) is 8.22. The summed E-state index contributed by atoms with van der Waals surface area (Å²) in [5, 5.41) is 6.01. The molecule has 0 atom stereocenters. The quantitative estimate of drug-likeness (QED) is 0.623. The monoisotopic (exact) mass is 242 g/mol. The van der Waals surface area contributed by atoms with Crippen molar-refractivity contribution >= 4 is 5.91 Å². The van der Waals surface area contributed by atoms with Crippen molar-refractivity contribution in [2.75, 3.05) is 59.9 Å². The standard InChI is InChI=1S/C12H26N4O/c1-13-12(17)4-3-7-15(2)10-11-16-8-5-14-6-9-16/h14H,3-11H2,1-2H3,(H,13,17). The van der Waals surface area contributed by atoms with Crippen molar-refractivity contribution in [3.05, 3.63) is 0 Å². The molecule has 5 nitrogen and oxygen atoms in total. The van der Waals surface area contributed by atoms with Crippen LogP contribution in [0.3, 0.4) is 0 Å². The van der Waals surface area contributed by atoms with Crippen molar-refractivity contribution in [3.8, 4) is 0 Å². The van der Waals surface area contributed by atoms with Gasteiger partial charge in [0, 0.05) is 52.7 Å². The molecule has 0 radical (unpaired) electrons. The fourth-order valence-corrected chi connectivity index (χ4v) is 1.99. The molecular weight excluding hydrogens is 216 g/mol. The van der Waals surface area contributed by atoms with Crippen molar-refractivity contribution in [1.82, 2.24) is 20.4 Å². The van der Waals surface area contributed by atoms with Gasteiger partial charge < -0.3 is 15.5 Å². The lowest BCUT2D eigenvalue weighted by atomic mass is 10.3. The Balaban J connectivity index is 2.00. The zero-order valence-corrected chi connectivity index (χ0v) is 11.2. The van der Waals surface area contributed by atoms with Crippen LogP contribution in [-0.4, -0.2) is 75.6 Å². The smallest absolute Gasteiger partial charge is 0.219 e. The molecule has 1 aliphatic heterocycles. The Bertz CT molecular complexity index is 217. The fourth-order valence-electron chi connectivity index (χ4n) is 1.99. The summed E-state index contributed by atoms with van der Waals surface area (Å²) in [5.74, 6) is 0.139. The molecule has 1 fully saturated rings. The maximum absolute atomic E-state index is 11.1. The van der Waals surface area contributed by atoms with Crippen LogP contribution in [0.1, 0.15) is 12.8 Å². The van der Waals surface area contributed by atoms with E-state index in [4.69, 9.17) is 0 Å². The average Bonchev–Trinajstić information content (AvgIpc) is 2.37. The van der Waals surface area contributed by atoms with Crippen molar-refractivity contribution in [3.63, 3.8) is 0 Å². The molecule has 0 unspecified atom stereocenters. The number of hydrogen-bond donors (Lipinski definition) is 2. The number of carbonyl (C=O) groups is 1. The summed E-state index contributed by atoms with van der Waals surface area (Å²) in [6, 6.07) is 0. The first-order valence-corrected chi connectivity index (χ1v) is 6.54. The predicted molar refractivity (Wildman–Crippen MR) is 70.1 cm³/mol. The Hall–Kier alpha value is -0.650. The van der Waals surface area contributed by atoms with E-state index < -0.39 is 0 Å². The van der Waals surface area contributed by atoms with E-state index in [2.05, 4.69) is 27.5 Å². The summed E-state index contributed by atoms with van der Waals surface area (Å²) >= 11 is 0. The lowest BCUT2D eigenvalue weighted by Crippen LogP contribution is -2.46. The van der Waals surface area contributed by atoms with Gasteiger partial charge in [0.05, 0.1) is 0 Å². The molecule has 2 N–H and O–H groups in total. The van der Waals surface area contributed by atoms with Gasteiger partial charge in [-0.15, -0.1) is 0 Å². The predicted octanol–water partition coefficient (Wildman–Crippen LogP) is -0.650. The van der Waals surface area contributed by atoms with Gasteiger partial charge in [0.2, 0.25) is 5.91 Å². The van der Waals surface area contributed by atoms with Gasteiger partial charge in [-0.3, -0.25) is 9.69 Å². The van der Waals surface area contributed by atoms with Gasteiger partial charge >= 0.3 is 0 Å². The molecule has 0 spiro atoms. The minimum atomic E-state index is 0.139. The van der Waals surface area contributed by atoms with Gasteiger partial charge in [-0.2, -0.15) is 0 Å². The molecule has 0 aromatic heterocycles. The second-order valence-electron chi connectivity index (χ2n) is 4.67. The van der Waals surface area contributed by atoms with Gasteiger partial charge in [-0.05, 0) is 20.0 Å².